The maximum Gasteiger partial charge on any atom is 0.337 e. The van der Waals surface area contributed by atoms with Crippen molar-refractivity contribution in [2.24, 2.45) is 0 Å². The highest BCUT2D eigenvalue weighted by Crippen LogP contribution is 2.38. The van der Waals surface area contributed by atoms with Gasteiger partial charge in [-0.15, -0.1) is 0 Å². The summed E-state index contributed by atoms with van der Waals surface area (Å²) in [4.78, 5) is 49.6. The van der Waals surface area contributed by atoms with Gasteiger partial charge in [0.15, 0.2) is 0 Å². The second-order valence-corrected chi connectivity index (χ2v) is 8.16. The minimum absolute atomic E-state index is 0.0667. The van der Waals surface area contributed by atoms with Crippen LogP contribution in [0, 0.1) is 13.8 Å². The summed E-state index contributed by atoms with van der Waals surface area (Å²) < 4.78 is 11.0. The van der Waals surface area contributed by atoms with Crippen molar-refractivity contribution in [1.82, 2.24) is 9.78 Å². The summed E-state index contributed by atoms with van der Waals surface area (Å²) in [6, 6.07) is 11.1. The Kier molecular flexibility index (Phi) is 6.37. The molecule has 35 heavy (non-hydrogen) atoms. The zero-order valence-electron chi connectivity index (χ0n) is 19.7. The summed E-state index contributed by atoms with van der Waals surface area (Å²) in [6.45, 7) is 3.83. The third-order valence-electron chi connectivity index (χ3n) is 5.70. The first-order valence-electron chi connectivity index (χ1n) is 10.8. The molecule has 10 heteroatoms. The first kappa shape index (κ1) is 23.7. The number of nitrogens with zero attached hydrogens (tertiary/aromatic N) is 2. The van der Waals surface area contributed by atoms with Crippen molar-refractivity contribution in [2.45, 2.75) is 26.3 Å². The Balaban J connectivity index is 1.58. The number of hydrogen-bond acceptors (Lipinski definition) is 7. The maximum atomic E-state index is 12.9. The van der Waals surface area contributed by atoms with Gasteiger partial charge in [0.1, 0.15) is 11.9 Å². The topological polar surface area (TPSA) is 129 Å². The molecule has 0 bridgehead atoms. The van der Waals surface area contributed by atoms with E-state index in [2.05, 4.69) is 15.7 Å². The lowest BCUT2D eigenvalue weighted by atomic mass is 10.0. The van der Waals surface area contributed by atoms with Crippen LogP contribution in [0.1, 0.15) is 44.4 Å². The molecule has 2 amide bonds. The fourth-order valence-electron chi connectivity index (χ4n) is 4.01. The zero-order chi connectivity index (χ0) is 25.3. The molecule has 3 aromatic rings. The van der Waals surface area contributed by atoms with E-state index >= 15 is 0 Å². The lowest BCUT2D eigenvalue weighted by Crippen LogP contribution is -2.24. The Labute approximate surface area is 201 Å². The van der Waals surface area contributed by atoms with Crippen molar-refractivity contribution >= 4 is 35.3 Å². The van der Waals surface area contributed by atoms with E-state index in [1.165, 1.54) is 37.1 Å². The third kappa shape index (κ3) is 4.63. The van der Waals surface area contributed by atoms with Crippen molar-refractivity contribution in [3.05, 3.63) is 64.8 Å². The normalized spacial score (nSPS) is 14.2. The van der Waals surface area contributed by atoms with E-state index in [1.807, 2.05) is 38.1 Å². The Morgan fingerprint density at radius 3 is 2.17 bits per heavy atom. The van der Waals surface area contributed by atoms with Crippen LogP contribution in [0.3, 0.4) is 0 Å². The summed E-state index contributed by atoms with van der Waals surface area (Å²) in [7, 11) is 2.41. The molecule has 0 saturated heterocycles. The molecule has 0 radical (unpaired) electrons. The van der Waals surface area contributed by atoms with E-state index in [0.29, 0.717) is 5.82 Å². The standard InChI is InChI=1S/C25H24N4O6/c1-13-5-7-15(8-6-13)21-14(2)28-29-19(23(31)27-22(21)29)12-20(30)26-18-10-16(24(32)34-3)9-17(11-18)25(33)35-4/h5-11,19H,12H2,1-4H3,(H,26,30)(H,27,31). The largest absolute Gasteiger partial charge is 0.465 e. The number of rotatable bonds is 6. The Hall–Kier alpha value is -4.47. The molecule has 1 aliphatic heterocycles. The molecule has 2 heterocycles. The number of carbonyl (C=O) groups excluding carboxylic acids is 4. The predicted octanol–water partition coefficient (Wildman–Crippen LogP) is 3.26. The quantitative estimate of drug-likeness (QED) is 0.523. The van der Waals surface area contributed by atoms with Gasteiger partial charge in [-0.1, -0.05) is 29.8 Å². The van der Waals surface area contributed by atoms with Gasteiger partial charge in [0.2, 0.25) is 5.91 Å². The molecule has 0 saturated carbocycles. The molecule has 0 spiro atoms. The number of anilines is 2. The van der Waals surface area contributed by atoms with Gasteiger partial charge in [-0.2, -0.15) is 5.10 Å². The second-order valence-electron chi connectivity index (χ2n) is 8.16. The molecule has 10 nitrogen and oxygen atoms in total. The van der Waals surface area contributed by atoms with E-state index in [9.17, 15) is 19.2 Å². The van der Waals surface area contributed by atoms with Crippen LogP contribution in [0.15, 0.2) is 42.5 Å². The summed E-state index contributed by atoms with van der Waals surface area (Å²) >= 11 is 0. The number of hydrogen-bond donors (Lipinski definition) is 2. The number of nitrogens with one attached hydrogen (secondary N) is 2. The molecule has 2 N–H and O–H groups in total. The number of methoxy groups -OCH3 is 2. The Morgan fingerprint density at radius 1 is 1.00 bits per heavy atom. The molecule has 180 valence electrons. The van der Waals surface area contributed by atoms with Crippen LogP contribution in [0.2, 0.25) is 0 Å². The van der Waals surface area contributed by atoms with Gasteiger partial charge < -0.3 is 20.1 Å². The van der Waals surface area contributed by atoms with Crippen LogP contribution < -0.4 is 10.6 Å². The molecule has 1 atom stereocenters. The monoisotopic (exact) mass is 476 g/mol. The first-order chi connectivity index (χ1) is 16.7. The van der Waals surface area contributed by atoms with Crippen LogP contribution in [0.25, 0.3) is 11.1 Å². The highest BCUT2D eigenvalue weighted by Gasteiger charge is 2.36. The van der Waals surface area contributed by atoms with Crippen molar-refractivity contribution in [1.29, 1.82) is 0 Å². The number of carbonyl (C=O) groups is 4. The Bertz CT molecular complexity index is 1310. The second kappa shape index (κ2) is 9.41. The van der Waals surface area contributed by atoms with Gasteiger partial charge in [-0.3, -0.25) is 9.59 Å². The fraction of sp³-hybridized carbons (Fsp3) is 0.240. The SMILES string of the molecule is COC(=O)c1cc(NC(=O)CC2C(=O)Nc3c(-c4ccc(C)cc4)c(C)nn32)cc(C(=O)OC)c1. The minimum atomic E-state index is -0.855. The smallest absolute Gasteiger partial charge is 0.337 e. The number of aryl methyl sites for hydroxylation is 2. The van der Waals surface area contributed by atoms with Crippen molar-refractivity contribution < 1.29 is 28.7 Å². The molecule has 1 aliphatic rings. The number of fused-ring (bicyclic) bond motifs is 1. The van der Waals surface area contributed by atoms with Crippen LogP contribution in [0.4, 0.5) is 11.5 Å². The summed E-state index contributed by atoms with van der Waals surface area (Å²) in [5, 5.41) is 9.99. The number of amides is 2. The lowest BCUT2D eigenvalue weighted by Gasteiger charge is -2.12. The molecular weight excluding hydrogens is 452 g/mol. The van der Waals surface area contributed by atoms with Gasteiger partial charge >= 0.3 is 11.9 Å². The molecule has 1 unspecified atom stereocenters. The van der Waals surface area contributed by atoms with Gasteiger partial charge in [0.05, 0.1) is 37.5 Å². The van der Waals surface area contributed by atoms with E-state index in [4.69, 9.17) is 9.47 Å². The van der Waals surface area contributed by atoms with Crippen LogP contribution in [0.5, 0.6) is 0 Å². The average molecular weight is 476 g/mol. The van der Waals surface area contributed by atoms with E-state index in [0.717, 1.165) is 22.4 Å². The zero-order valence-corrected chi connectivity index (χ0v) is 19.7. The number of ether oxygens (including phenoxy) is 2. The minimum Gasteiger partial charge on any atom is -0.465 e. The molecule has 2 aromatic carbocycles. The summed E-state index contributed by atoms with van der Waals surface area (Å²) in [6.07, 6.45) is -0.205. The maximum absolute atomic E-state index is 12.9. The van der Waals surface area contributed by atoms with Gasteiger partial charge in [-0.05, 0) is 37.6 Å². The molecule has 0 aliphatic carbocycles. The van der Waals surface area contributed by atoms with E-state index in [-0.39, 0.29) is 29.1 Å². The molecular formula is C25H24N4O6. The van der Waals surface area contributed by atoms with Crippen LogP contribution in [-0.4, -0.2) is 47.8 Å². The average Bonchev–Trinajstić information content (AvgIpc) is 3.31. The predicted molar refractivity (Wildman–Crippen MR) is 127 cm³/mol. The number of benzene rings is 2. The highest BCUT2D eigenvalue weighted by atomic mass is 16.5. The number of aromatic nitrogens is 2. The van der Waals surface area contributed by atoms with Crippen LogP contribution >= 0.6 is 0 Å². The third-order valence-corrected chi connectivity index (χ3v) is 5.70. The lowest BCUT2D eigenvalue weighted by molar-refractivity contribution is -0.123. The van der Waals surface area contributed by atoms with Crippen molar-refractivity contribution in [3.63, 3.8) is 0 Å². The Morgan fingerprint density at radius 2 is 1.60 bits per heavy atom. The number of esters is 2. The van der Waals surface area contributed by atoms with Crippen molar-refractivity contribution in [2.75, 3.05) is 24.9 Å². The van der Waals surface area contributed by atoms with E-state index < -0.39 is 23.9 Å². The van der Waals surface area contributed by atoms with Crippen LogP contribution in [-0.2, 0) is 19.1 Å². The first-order valence-corrected chi connectivity index (χ1v) is 10.8. The van der Waals surface area contributed by atoms with Gasteiger partial charge in [-0.25, -0.2) is 14.3 Å². The van der Waals surface area contributed by atoms with E-state index in [1.54, 1.807) is 0 Å². The van der Waals surface area contributed by atoms with Gasteiger partial charge in [0, 0.05) is 11.3 Å². The fourth-order valence-corrected chi connectivity index (χ4v) is 4.01. The molecule has 4 rings (SSSR count). The van der Waals surface area contributed by atoms with Gasteiger partial charge in [0.25, 0.3) is 5.91 Å². The van der Waals surface area contributed by atoms with Crippen molar-refractivity contribution in [3.8, 4) is 11.1 Å². The molecule has 0 fully saturated rings. The summed E-state index contributed by atoms with van der Waals surface area (Å²) in [5.74, 6) is -1.67. The highest BCUT2D eigenvalue weighted by molar-refractivity contribution is 6.05. The molecule has 1 aromatic heterocycles. The summed E-state index contributed by atoms with van der Waals surface area (Å²) in [5.41, 5.74) is 3.87.